The molecule has 0 unspecified atom stereocenters. The SMILES string of the molecule is Nc1cccc2cnccc12.Nc1cccc2cnccc12. The monoisotopic (exact) mass is 288 g/mol. The Morgan fingerprint density at radius 3 is 1.45 bits per heavy atom. The summed E-state index contributed by atoms with van der Waals surface area (Å²) in [5.41, 5.74) is 13.1. The zero-order chi connectivity index (χ0) is 15.4. The maximum Gasteiger partial charge on any atom is 0.0394 e. The minimum atomic E-state index is 0.810. The Morgan fingerprint density at radius 2 is 1.05 bits per heavy atom. The van der Waals surface area contributed by atoms with E-state index in [1.165, 1.54) is 0 Å². The van der Waals surface area contributed by atoms with Gasteiger partial charge in [0.15, 0.2) is 0 Å². The van der Waals surface area contributed by atoms with Crippen LogP contribution in [-0.2, 0) is 0 Å². The highest BCUT2D eigenvalue weighted by molar-refractivity contribution is 5.92. The van der Waals surface area contributed by atoms with E-state index >= 15 is 0 Å². The third-order valence-corrected chi connectivity index (χ3v) is 3.43. The van der Waals surface area contributed by atoms with Crippen LogP contribution < -0.4 is 11.5 Å². The molecule has 2 aromatic carbocycles. The normalized spacial score (nSPS) is 10.2. The van der Waals surface area contributed by atoms with Gasteiger partial charge in [-0.1, -0.05) is 24.3 Å². The first kappa shape index (κ1) is 13.8. The number of fused-ring (bicyclic) bond motifs is 2. The largest absolute Gasteiger partial charge is 0.398 e. The second-order valence-electron chi connectivity index (χ2n) is 4.89. The number of hydrogen-bond acceptors (Lipinski definition) is 4. The van der Waals surface area contributed by atoms with E-state index in [4.69, 9.17) is 11.5 Å². The van der Waals surface area contributed by atoms with Gasteiger partial charge in [-0.05, 0) is 24.3 Å². The van der Waals surface area contributed by atoms with Crippen molar-refractivity contribution < 1.29 is 0 Å². The zero-order valence-corrected chi connectivity index (χ0v) is 12.0. The summed E-state index contributed by atoms with van der Waals surface area (Å²) in [6.07, 6.45) is 7.12. The van der Waals surface area contributed by atoms with Crippen LogP contribution in [0.15, 0.2) is 73.3 Å². The Balaban J connectivity index is 0.000000131. The van der Waals surface area contributed by atoms with Gasteiger partial charge in [0.05, 0.1) is 0 Å². The number of hydrogen-bond donors (Lipinski definition) is 2. The van der Waals surface area contributed by atoms with Crippen LogP contribution in [0.4, 0.5) is 11.4 Å². The molecule has 4 aromatic rings. The number of nitrogens with two attached hydrogens (primary N) is 2. The molecule has 0 saturated carbocycles. The van der Waals surface area contributed by atoms with E-state index in [0.29, 0.717) is 0 Å². The lowest BCUT2D eigenvalue weighted by Gasteiger charge is -1.98. The molecule has 0 saturated heterocycles. The topological polar surface area (TPSA) is 77.8 Å². The quantitative estimate of drug-likeness (QED) is 0.484. The molecular formula is C18H16N4. The van der Waals surface area contributed by atoms with Crippen molar-refractivity contribution in [2.24, 2.45) is 0 Å². The zero-order valence-electron chi connectivity index (χ0n) is 12.0. The third-order valence-electron chi connectivity index (χ3n) is 3.43. The summed E-state index contributed by atoms with van der Waals surface area (Å²) >= 11 is 0. The summed E-state index contributed by atoms with van der Waals surface area (Å²) in [4.78, 5) is 8.00. The fourth-order valence-corrected chi connectivity index (χ4v) is 2.30. The predicted molar refractivity (Wildman–Crippen MR) is 92.3 cm³/mol. The van der Waals surface area contributed by atoms with Gasteiger partial charge in [0.2, 0.25) is 0 Å². The summed E-state index contributed by atoms with van der Waals surface area (Å²) in [6, 6.07) is 15.5. The van der Waals surface area contributed by atoms with Crippen LogP contribution >= 0.6 is 0 Å². The van der Waals surface area contributed by atoms with Gasteiger partial charge in [0.25, 0.3) is 0 Å². The molecule has 4 heteroatoms. The summed E-state index contributed by atoms with van der Waals surface area (Å²) < 4.78 is 0. The van der Waals surface area contributed by atoms with E-state index in [1.807, 2.05) is 60.9 Å². The van der Waals surface area contributed by atoms with E-state index in [-0.39, 0.29) is 0 Å². The van der Waals surface area contributed by atoms with Crippen LogP contribution in [0, 0.1) is 0 Å². The third kappa shape index (κ3) is 2.81. The Hall–Kier alpha value is -3.14. The summed E-state index contributed by atoms with van der Waals surface area (Å²) in [5.74, 6) is 0. The van der Waals surface area contributed by atoms with Crippen LogP contribution in [-0.4, -0.2) is 9.97 Å². The molecule has 0 aliphatic rings. The molecule has 0 aliphatic heterocycles. The van der Waals surface area contributed by atoms with Gasteiger partial charge >= 0.3 is 0 Å². The number of anilines is 2. The van der Waals surface area contributed by atoms with Crippen molar-refractivity contribution in [2.45, 2.75) is 0 Å². The fraction of sp³-hybridized carbons (Fsp3) is 0. The van der Waals surface area contributed by atoms with Gasteiger partial charge in [-0.25, -0.2) is 0 Å². The van der Waals surface area contributed by atoms with Gasteiger partial charge in [-0.15, -0.1) is 0 Å². The molecule has 4 N–H and O–H groups in total. The van der Waals surface area contributed by atoms with Crippen LogP contribution in [0.2, 0.25) is 0 Å². The highest BCUT2D eigenvalue weighted by Gasteiger charge is 1.94. The first-order valence-corrected chi connectivity index (χ1v) is 6.92. The van der Waals surface area contributed by atoms with Crippen molar-refractivity contribution in [3.05, 3.63) is 73.3 Å². The summed E-state index contributed by atoms with van der Waals surface area (Å²) in [6.45, 7) is 0. The van der Waals surface area contributed by atoms with Gasteiger partial charge in [-0.2, -0.15) is 0 Å². The van der Waals surface area contributed by atoms with E-state index in [2.05, 4.69) is 9.97 Å². The molecule has 4 nitrogen and oxygen atoms in total. The second kappa shape index (κ2) is 6.10. The average molecular weight is 288 g/mol. The van der Waals surface area contributed by atoms with Crippen molar-refractivity contribution in [3.8, 4) is 0 Å². The Labute approximate surface area is 128 Å². The van der Waals surface area contributed by atoms with Crippen molar-refractivity contribution in [2.75, 3.05) is 11.5 Å². The van der Waals surface area contributed by atoms with Crippen molar-refractivity contribution in [1.29, 1.82) is 0 Å². The van der Waals surface area contributed by atoms with E-state index in [1.54, 1.807) is 12.4 Å². The molecule has 4 rings (SSSR count). The van der Waals surface area contributed by atoms with E-state index < -0.39 is 0 Å². The van der Waals surface area contributed by atoms with Gasteiger partial charge < -0.3 is 11.5 Å². The Morgan fingerprint density at radius 1 is 0.591 bits per heavy atom. The maximum absolute atomic E-state index is 5.73. The number of pyridine rings is 2. The maximum atomic E-state index is 5.73. The first-order valence-electron chi connectivity index (χ1n) is 6.92. The van der Waals surface area contributed by atoms with Crippen LogP contribution in [0.5, 0.6) is 0 Å². The molecule has 22 heavy (non-hydrogen) atoms. The molecule has 0 atom stereocenters. The molecule has 0 radical (unpaired) electrons. The minimum Gasteiger partial charge on any atom is -0.398 e. The van der Waals surface area contributed by atoms with Crippen molar-refractivity contribution >= 4 is 32.9 Å². The standard InChI is InChI=1S/2C9H8N2/c2*10-9-3-1-2-7-6-11-5-4-8(7)9/h2*1-6H,10H2. The molecule has 2 aromatic heterocycles. The van der Waals surface area contributed by atoms with Gasteiger partial charge in [-0.3, -0.25) is 9.97 Å². The van der Waals surface area contributed by atoms with Crippen molar-refractivity contribution in [1.82, 2.24) is 9.97 Å². The number of nitrogen functional groups attached to an aromatic ring is 2. The molecule has 0 amide bonds. The minimum absolute atomic E-state index is 0.810. The molecular weight excluding hydrogens is 272 g/mol. The Bertz CT molecular complexity index is 831. The van der Waals surface area contributed by atoms with Crippen LogP contribution in [0.25, 0.3) is 21.5 Å². The lowest BCUT2D eigenvalue weighted by atomic mass is 10.1. The molecule has 0 spiro atoms. The summed E-state index contributed by atoms with van der Waals surface area (Å²) in [5, 5.41) is 4.32. The smallest absolute Gasteiger partial charge is 0.0394 e. The Kier molecular flexibility index (Phi) is 3.83. The molecule has 0 bridgehead atoms. The number of rotatable bonds is 0. The van der Waals surface area contributed by atoms with E-state index in [0.717, 1.165) is 32.9 Å². The molecule has 0 fully saturated rings. The van der Waals surface area contributed by atoms with Gasteiger partial charge in [0, 0.05) is 57.7 Å². The highest BCUT2D eigenvalue weighted by atomic mass is 14.6. The highest BCUT2D eigenvalue weighted by Crippen LogP contribution is 2.19. The lowest BCUT2D eigenvalue weighted by molar-refractivity contribution is 1.36. The summed E-state index contributed by atoms with van der Waals surface area (Å²) in [7, 11) is 0. The molecule has 0 aliphatic carbocycles. The predicted octanol–water partition coefficient (Wildman–Crippen LogP) is 3.63. The lowest BCUT2D eigenvalue weighted by Crippen LogP contribution is -1.85. The first-order chi connectivity index (χ1) is 10.8. The molecule has 108 valence electrons. The van der Waals surface area contributed by atoms with Crippen molar-refractivity contribution in [3.63, 3.8) is 0 Å². The van der Waals surface area contributed by atoms with Gasteiger partial charge in [0.1, 0.15) is 0 Å². The number of nitrogens with zero attached hydrogens (tertiary/aromatic N) is 2. The second-order valence-corrected chi connectivity index (χ2v) is 4.89. The average Bonchev–Trinajstić information content (AvgIpc) is 2.57. The number of benzene rings is 2. The fourth-order valence-electron chi connectivity index (χ4n) is 2.30. The van der Waals surface area contributed by atoms with Crippen LogP contribution in [0.1, 0.15) is 0 Å². The van der Waals surface area contributed by atoms with Crippen LogP contribution in [0.3, 0.4) is 0 Å². The van der Waals surface area contributed by atoms with E-state index in [9.17, 15) is 0 Å². The number of aromatic nitrogens is 2. The molecule has 2 heterocycles.